The van der Waals surface area contributed by atoms with E-state index in [-0.39, 0.29) is 11.8 Å². The number of nitrogens with one attached hydrogen (secondary N) is 1. The van der Waals surface area contributed by atoms with Crippen molar-refractivity contribution in [3.63, 3.8) is 0 Å². The standard InChI is InChI=1S/C22H21N3O2S/c1-27-19-9-7-17(8-10-19)20(16-5-3-2-4-6-16)13-21(26)23-14-18-15-25-11-12-28-22(25)24-18/h2-12,15,20H,13-14H2,1H3,(H,23,26). The number of imidazole rings is 1. The Morgan fingerprint density at radius 1 is 1.14 bits per heavy atom. The molecule has 1 unspecified atom stereocenters. The van der Waals surface area contributed by atoms with Crippen molar-refractivity contribution in [3.8, 4) is 5.75 Å². The predicted molar refractivity (Wildman–Crippen MR) is 111 cm³/mol. The number of hydrogen-bond acceptors (Lipinski definition) is 4. The molecule has 1 N–H and O–H groups in total. The molecule has 4 rings (SSSR count). The number of carbonyl (C=O) groups is 1. The van der Waals surface area contributed by atoms with E-state index in [1.165, 1.54) is 0 Å². The summed E-state index contributed by atoms with van der Waals surface area (Å²) in [5.74, 6) is 0.790. The number of rotatable bonds is 7. The molecule has 1 atom stereocenters. The molecule has 2 aromatic carbocycles. The fourth-order valence-electron chi connectivity index (χ4n) is 3.26. The first-order valence-corrected chi connectivity index (χ1v) is 9.97. The molecule has 0 aliphatic heterocycles. The predicted octanol–water partition coefficient (Wildman–Crippen LogP) is 4.24. The van der Waals surface area contributed by atoms with E-state index in [0.717, 1.165) is 27.5 Å². The van der Waals surface area contributed by atoms with Crippen molar-refractivity contribution in [2.45, 2.75) is 18.9 Å². The zero-order chi connectivity index (χ0) is 19.3. The van der Waals surface area contributed by atoms with Gasteiger partial charge in [0.05, 0.1) is 19.3 Å². The van der Waals surface area contributed by atoms with E-state index >= 15 is 0 Å². The van der Waals surface area contributed by atoms with Crippen LogP contribution in [0, 0.1) is 0 Å². The maximum absolute atomic E-state index is 12.7. The molecule has 5 nitrogen and oxygen atoms in total. The van der Waals surface area contributed by atoms with Gasteiger partial charge in [0, 0.05) is 30.1 Å². The molecule has 0 aliphatic carbocycles. The van der Waals surface area contributed by atoms with Gasteiger partial charge in [0.2, 0.25) is 5.91 Å². The van der Waals surface area contributed by atoms with Crippen LogP contribution in [0.15, 0.2) is 72.4 Å². The van der Waals surface area contributed by atoms with E-state index in [0.29, 0.717) is 13.0 Å². The molecule has 0 radical (unpaired) electrons. The second-order valence-corrected chi connectivity index (χ2v) is 7.42. The number of carbonyl (C=O) groups excluding carboxylic acids is 1. The summed E-state index contributed by atoms with van der Waals surface area (Å²) in [5, 5.41) is 5.00. The largest absolute Gasteiger partial charge is 0.497 e. The number of thiazole rings is 1. The lowest BCUT2D eigenvalue weighted by molar-refractivity contribution is -0.121. The highest BCUT2D eigenvalue weighted by Gasteiger charge is 2.18. The third-order valence-corrected chi connectivity index (χ3v) is 5.49. The van der Waals surface area contributed by atoms with Gasteiger partial charge in [0.25, 0.3) is 0 Å². The molecule has 4 aromatic rings. The molecule has 1 amide bonds. The van der Waals surface area contributed by atoms with Crippen LogP contribution >= 0.6 is 11.3 Å². The molecule has 2 aromatic heterocycles. The molecular weight excluding hydrogens is 370 g/mol. The van der Waals surface area contributed by atoms with Gasteiger partial charge in [-0.2, -0.15) is 0 Å². The first-order valence-electron chi connectivity index (χ1n) is 9.09. The Balaban J connectivity index is 1.47. The summed E-state index contributed by atoms with van der Waals surface area (Å²) >= 11 is 1.58. The molecule has 2 heterocycles. The quantitative estimate of drug-likeness (QED) is 0.513. The highest BCUT2D eigenvalue weighted by Crippen LogP contribution is 2.29. The van der Waals surface area contributed by atoms with Gasteiger partial charge in [0.15, 0.2) is 4.96 Å². The molecule has 0 spiro atoms. The van der Waals surface area contributed by atoms with Crippen LogP contribution in [0.2, 0.25) is 0 Å². The number of aromatic nitrogens is 2. The first kappa shape index (κ1) is 18.3. The molecule has 142 valence electrons. The van der Waals surface area contributed by atoms with Gasteiger partial charge in [-0.3, -0.25) is 9.20 Å². The molecule has 0 aliphatic rings. The maximum Gasteiger partial charge on any atom is 0.221 e. The third kappa shape index (κ3) is 4.07. The second kappa shape index (κ2) is 8.27. The Hall–Kier alpha value is -3.12. The number of methoxy groups -OCH3 is 1. The Kier molecular flexibility index (Phi) is 5.39. The van der Waals surface area contributed by atoms with E-state index in [9.17, 15) is 4.79 Å². The van der Waals surface area contributed by atoms with E-state index in [4.69, 9.17) is 4.74 Å². The van der Waals surface area contributed by atoms with Crippen LogP contribution < -0.4 is 10.1 Å². The summed E-state index contributed by atoms with van der Waals surface area (Å²) in [6.45, 7) is 0.428. The first-order chi connectivity index (χ1) is 13.7. The van der Waals surface area contributed by atoms with E-state index in [1.54, 1.807) is 18.4 Å². The smallest absolute Gasteiger partial charge is 0.221 e. The average molecular weight is 391 g/mol. The number of amides is 1. The van der Waals surface area contributed by atoms with Gasteiger partial charge in [-0.15, -0.1) is 11.3 Å². The fourth-order valence-corrected chi connectivity index (χ4v) is 3.98. The summed E-state index contributed by atoms with van der Waals surface area (Å²) in [4.78, 5) is 18.1. The summed E-state index contributed by atoms with van der Waals surface area (Å²) in [7, 11) is 1.65. The van der Waals surface area contributed by atoms with Crippen molar-refractivity contribution >= 4 is 22.2 Å². The Morgan fingerprint density at radius 3 is 2.61 bits per heavy atom. The van der Waals surface area contributed by atoms with Gasteiger partial charge in [-0.05, 0) is 23.3 Å². The number of benzene rings is 2. The van der Waals surface area contributed by atoms with Crippen LogP contribution in [0.5, 0.6) is 5.75 Å². The van der Waals surface area contributed by atoms with Gasteiger partial charge in [-0.25, -0.2) is 4.98 Å². The van der Waals surface area contributed by atoms with Crippen LogP contribution in [-0.4, -0.2) is 22.4 Å². The van der Waals surface area contributed by atoms with Crippen molar-refractivity contribution < 1.29 is 9.53 Å². The third-order valence-electron chi connectivity index (χ3n) is 4.72. The minimum Gasteiger partial charge on any atom is -0.497 e. The summed E-state index contributed by atoms with van der Waals surface area (Å²) < 4.78 is 7.22. The van der Waals surface area contributed by atoms with Gasteiger partial charge in [0.1, 0.15) is 5.75 Å². The SMILES string of the molecule is COc1ccc(C(CC(=O)NCc2cn3ccsc3n2)c2ccccc2)cc1. The highest BCUT2D eigenvalue weighted by atomic mass is 32.1. The Bertz CT molecular complexity index is 1030. The van der Waals surface area contributed by atoms with Crippen LogP contribution in [0.3, 0.4) is 0 Å². The zero-order valence-corrected chi connectivity index (χ0v) is 16.4. The minimum absolute atomic E-state index is 0.000950. The molecule has 0 fully saturated rings. The topological polar surface area (TPSA) is 55.6 Å². The maximum atomic E-state index is 12.7. The van der Waals surface area contributed by atoms with Crippen LogP contribution in [-0.2, 0) is 11.3 Å². The Morgan fingerprint density at radius 2 is 1.89 bits per heavy atom. The number of nitrogens with zero attached hydrogens (tertiary/aromatic N) is 2. The van der Waals surface area contributed by atoms with Crippen molar-refractivity contribution in [2.24, 2.45) is 0 Å². The van der Waals surface area contributed by atoms with E-state index in [1.807, 2.05) is 64.6 Å². The summed E-state index contributed by atoms with van der Waals surface area (Å²) in [5.41, 5.74) is 3.07. The fraction of sp³-hybridized carbons (Fsp3) is 0.182. The molecule has 28 heavy (non-hydrogen) atoms. The summed E-state index contributed by atoms with van der Waals surface area (Å²) in [6.07, 6.45) is 4.29. The molecule has 0 bridgehead atoms. The lowest BCUT2D eigenvalue weighted by atomic mass is 9.88. The van der Waals surface area contributed by atoms with Crippen molar-refractivity contribution in [1.29, 1.82) is 0 Å². The van der Waals surface area contributed by atoms with Gasteiger partial charge < -0.3 is 10.1 Å². The molecule has 0 saturated carbocycles. The van der Waals surface area contributed by atoms with E-state index in [2.05, 4.69) is 22.4 Å². The monoisotopic (exact) mass is 391 g/mol. The molecule has 0 saturated heterocycles. The lowest BCUT2D eigenvalue weighted by Gasteiger charge is -2.18. The van der Waals surface area contributed by atoms with Crippen LogP contribution in [0.1, 0.15) is 29.2 Å². The lowest BCUT2D eigenvalue weighted by Crippen LogP contribution is -2.25. The van der Waals surface area contributed by atoms with Gasteiger partial charge >= 0.3 is 0 Å². The number of ether oxygens (including phenoxy) is 1. The van der Waals surface area contributed by atoms with Crippen LogP contribution in [0.25, 0.3) is 4.96 Å². The number of fused-ring (bicyclic) bond motifs is 1. The molecular formula is C22H21N3O2S. The average Bonchev–Trinajstić information content (AvgIpc) is 3.33. The Labute approximate surface area is 167 Å². The zero-order valence-electron chi connectivity index (χ0n) is 15.5. The number of hydrogen-bond donors (Lipinski definition) is 1. The van der Waals surface area contributed by atoms with Crippen LogP contribution in [0.4, 0.5) is 0 Å². The van der Waals surface area contributed by atoms with E-state index < -0.39 is 0 Å². The van der Waals surface area contributed by atoms with Crippen molar-refractivity contribution in [2.75, 3.05) is 7.11 Å². The summed E-state index contributed by atoms with van der Waals surface area (Å²) in [6, 6.07) is 18.0. The highest BCUT2D eigenvalue weighted by molar-refractivity contribution is 7.15. The second-order valence-electron chi connectivity index (χ2n) is 6.54. The normalized spacial score (nSPS) is 12.0. The van der Waals surface area contributed by atoms with Crippen molar-refractivity contribution in [1.82, 2.24) is 14.7 Å². The van der Waals surface area contributed by atoms with Gasteiger partial charge in [-0.1, -0.05) is 42.5 Å². The molecule has 6 heteroatoms. The van der Waals surface area contributed by atoms with Crippen molar-refractivity contribution in [3.05, 3.63) is 89.2 Å². The minimum atomic E-state index is -0.0161.